The zero-order chi connectivity index (χ0) is 18.5. The van der Waals surface area contributed by atoms with E-state index in [9.17, 15) is 14.4 Å². The number of carbonyl (C=O) groups excluding carboxylic acids is 3. The van der Waals surface area contributed by atoms with Crippen LogP contribution in [0.3, 0.4) is 0 Å². The number of ether oxygens (including phenoxy) is 1. The molecular weight excluding hydrogens is 334 g/mol. The Balaban J connectivity index is 1.57. The van der Waals surface area contributed by atoms with Crippen molar-refractivity contribution in [3.63, 3.8) is 0 Å². The third-order valence-electron chi connectivity index (χ3n) is 4.79. The molecule has 7 nitrogen and oxygen atoms in total. The van der Waals surface area contributed by atoms with E-state index < -0.39 is 6.04 Å². The van der Waals surface area contributed by atoms with Crippen LogP contribution in [0.5, 0.6) is 0 Å². The van der Waals surface area contributed by atoms with E-state index in [-0.39, 0.29) is 24.1 Å². The number of carbonyl (C=O) groups is 3. The molecule has 2 aliphatic heterocycles. The van der Waals surface area contributed by atoms with Crippen molar-refractivity contribution in [3.05, 3.63) is 29.8 Å². The number of aryl methyl sites for hydroxylation is 1. The van der Waals surface area contributed by atoms with Gasteiger partial charge in [-0.1, -0.05) is 12.1 Å². The summed E-state index contributed by atoms with van der Waals surface area (Å²) in [5.41, 5.74) is 1.70. The summed E-state index contributed by atoms with van der Waals surface area (Å²) in [7, 11) is 0. The first-order valence-electron chi connectivity index (χ1n) is 9.07. The fourth-order valence-corrected chi connectivity index (χ4v) is 3.48. The van der Waals surface area contributed by atoms with E-state index in [2.05, 4.69) is 5.32 Å². The standard InChI is InChI=1S/C19H25N3O4/c1-14-4-2-5-15(12-14)20-17(23)13-18(24)22-7-3-6-16(22)19(25)21-8-10-26-11-9-21/h2,4-5,12,16H,3,6-11,13H2,1H3,(H,20,23)/t16-/m0/s1. The third-order valence-corrected chi connectivity index (χ3v) is 4.79. The molecule has 7 heteroatoms. The Hall–Kier alpha value is -2.41. The zero-order valence-electron chi connectivity index (χ0n) is 15.1. The fraction of sp³-hybridized carbons (Fsp3) is 0.526. The number of rotatable bonds is 4. The second kappa shape index (κ2) is 8.31. The van der Waals surface area contributed by atoms with Crippen LogP contribution in [0, 0.1) is 6.92 Å². The maximum Gasteiger partial charge on any atom is 0.245 e. The number of benzene rings is 1. The van der Waals surface area contributed by atoms with Gasteiger partial charge in [0.05, 0.1) is 13.2 Å². The molecule has 1 aromatic rings. The first kappa shape index (κ1) is 18.4. The number of amides is 3. The SMILES string of the molecule is Cc1cccc(NC(=O)CC(=O)N2CCC[C@H]2C(=O)N2CCOCC2)c1. The summed E-state index contributed by atoms with van der Waals surface area (Å²) in [5.74, 6) is -0.678. The Labute approximate surface area is 153 Å². The van der Waals surface area contributed by atoms with Crippen LogP contribution < -0.4 is 5.32 Å². The van der Waals surface area contributed by atoms with Crippen molar-refractivity contribution in [2.24, 2.45) is 0 Å². The summed E-state index contributed by atoms with van der Waals surface area (Å²) in [6.07, 6.45) is 1.19. The number of morpholine rings is 1. The monoisotopic (exact) mass is 359 g/mol. The van der Waals surface area contributed by atoms with Gasteiger partial charge in [-0.15, -0.1) is 0 Å². The highest BCUT2D eigenvalue weighted by atomic mass is 16.5. The molecule has 0 spiro atoms. The maximum atomic E-state index is 12.7. The molecule has 26 heavy (non-hydrogen) atoms. The third kappa shape index (κ3) is 4.40. The normalized spacial score (nSPS) is 20.1. The van der Waals surface area contributed by atoms with Crippen molar-refractivity contribution in [2.75, 3.05) is 38.2 Å². The lowest BCUT2D eigenvalue weighted by Gasteiger charge is -2.32. The summed E-state index contributed by atoms with van der Waals surface area (Å²) in [4.78, 5) is 40.8. The van der Waals surface area contributed by atoms with Crippen LogP contribution in [0.15, 0.2) is 24.3 Å². The van der Waals surface area contributed by atoms with Gasteiger partial charge >= 0.3 is 0 Å². The summed E-state index contributed by atoms with van der Waals surface area (Å²) in [5, 5.41) is 2.75. The highest BCUT2D eigenvalue weighted by Crippen LogP contribution is 2.21. The second-order valence-electron chi connectivity index (χ2n) is 6.78. The minimum Gasteiger partial charge on any atom is -0.378 e. The number of hydrogen-bond acceptors (Lipinski definition) is 4. The Bertz CT molecular complexity index is 685. The largest absolute Gasteiger partial charge is 0.378 e. The quantitative estimate of drug-likeness (QED) is 0.819. The Morgan fingerprint density at radius 1 is 1.19 bits per heavy atom. The molecule has 0 radical (unpaired) electrons. The van der Waals surface area contributed by atoms with Crippen molar-refractivity contribution in [1.82, 2.24) is 9.80 Å². The lowest BCUT2D eigenvalue weighted by atomic mass is 10.1. The minimum absolute atomic E-state index is 0.0294. The van der Waals surface area contributed by atoms with Crippen LogP contribution >= 0.6 is 0 Å². The second-order valence-corrected chi connectivity index (χ2v) is 6.78. The number of nitrogens with one attached hydrogen (secondary N) is 1. The molecular formula is C19H25N3O4. The molecule has 2 aliphatic rings. The van der Waals surface area contributed by atoms with Gasteiger partial charge in [-0.3, -0.25) is 14.4 Å². The fourth-order valence-electron chi connectivity index (χ4n) is 3.48. The molecule has 2 heterocycles. The van der Waals surface area contributed by atoms with Crippen LogP contribution in [-0.4, -0.2) is 66.4 Å². The average Bonchev–Trinajstić information content (AvgIpc) is 3.11. The number of nitrogens with zero attached hydrogens (tertiary/aromatic N) is 2. The van der Waals surface area contributed by atoms with Crippen LogP contribution in [0.25, 0.3) is 0 Å². The number of hydrogen-bond donors (Lipinski definition) is 1. The van der Waals surface area contributed by atoms with Crippen molar-refractivity contribution < 1.29 is 19.1 Å². The first-order chi connectivity index (χ1) is 12.5. The van der Waals surface area contributed by atoms with E-state index in [0.717, 1.165) is 12.0 Å². The highest BCUT2D eigenvalue weighted by Gasteiger charge is 2.37. The van der Waals surface area contributed by atoms with E-state index in [0.29, 0.717) is 45.0 Å². The molecule has 2 saturated heterocycles. The highest BCUT2D eigenvalue weighted by molar-refractivity contribution is 6.04. The van der Waals surface area contributed by atoms with Crippen LogP contribution in [-0.2, 0) is 19.1 Å². The minimum atomic E-state index is -0.452. The van der Waals surface area contributed by atoms with E-state index >= 15 is 0 Å². The first-order valence-corrected chi connectivity index (χ1v) is 9.07. The molecule has 1 atom stereocenters. The van der Waals surface area contributed by atoms with Crippen LogP contribution in [0.1, 0.15) is 24.8 Å². The Morgan fingerprint density at radius 2 is 1.96 bits per heavy atom. The molecule has 140 valence electrons. The molecule has 0 unspecified atom stereocenters. The number of anilines is 1. The van der Waals surface area contributed by atoms with Gasteiger partial charge in [-0.25, -0.2) is 0 Å². The van der Waals surface area contributed by atoms with Gasteiger partial charge in [-0.2, -0.15) is 0 Å². The summed E-state index contributed by atoms with van der Waals surface area (Å²) < 4.78 is 5.28. The van der Waals surface area contributed by atoms with E-state index in [1.807, 2.05) is 25.1 Å². The molecule has 3 rings (SSSR count). The van der Waals surface area contributed by atoms with Gasteiger partial charge in [0.25, 0.3) is 0 Å². The summed E-state index contributed by atoms with van der Waals surface area (Å²) in [6, 6.07) is 6.98. The lowest BCUT2D eigenvalue weighted by molar-refractivity contribution is -0.147. The zero-order valence-corrected chi connectivity index (χ0v) is 15.1. The molecule has 1 aromatic carbocycles. The van der Waals surface area contributed by atoms with Gasteiger partial charge in [0.15, 0.2) is 0 Å². The predicted molar refractivity (Wildman–Crippen MR) is 96.6 cm³/mol. The summed E-state index contributed by atoms with van der Waals surface area (Å²) >= 11 is 0. The maximum absolute atomic E-state index is 12.7. The van der Waals surface area contributed by atoms with E-state index in [4.69, 9.17) is 4.74 Å². The van der Waals surface area contributed by atoms with Gasteiger partial charge in [0.2, 0.25) is 17.7 Å². The molecule has 3 amide bonds. The van der Waals surface area contributed by atoms with Crippen LogP contribution in [0.4, 0.5) is 5.69 Å². The van der Waals surface area contributed by atoms with Crippen molar-refractivity contribution in [3.8, 4) is 0 Å². The molecule has 0 saturated carbocycles. The predicted octanol–water partition coefficient (Wildman–Crippen LogP) is 1.17. The molecule has 0 bridgehead atoms. The lowest BCUT2D eigenvalue weighted by Crippen LogP contribution is -2.51. The average molecular weight is 359 g/mol. The summed E-state index contributed by atoms with van der Waals surface area (Å²) in [6.45, 7) is 4.65. The molecule has 0 aromatic heterocycles. The van der Waals surface area contributed by atoms with Crippen LogP contribution in [0.2, 0.25) is 0 Å². The van der Waals surface area contributed by atoms with E-state index in [1.54, 1.807) is 15.9 Å². The topological polar surface area (TPSA) is 79.0 Å². The smallest absolute Gasteiger partial charge is 0.245 e. The number of likely N-dealkylation sites (tertiary alicyclic amines) is 1. The molecule has 1 N–H and O–H groups in total. The van der Waals surface area contributed by atoms with Gasteiger partial charge in [0, 0.05) is 25.3 Å². The van der Waals surface area contributed by atoms with Crippen molar-refractivity contribution >= 4 is 23.4 Å². The van der Waals surface area contributed by atoms with Gasteiger partial charge in [0.1, 0.15) is 12.5 Å². The van der Waals surface area contributed by atoms with Crippen molar-refractivity contribution in [2.45, 2.75) is 32.2 Å². The Kier molecular flexibility index (Phi) is 5.88. The van der Waals surface area contributed by atoms with E-state index in [1.165, 1.54) is 0 Å². The van der Waals surface area contributed by atoms with Crippen molar-refractivity contribution in [1.29, 1.82) is 0 Å². The van der Waals surface area contributed by atoms with Gasteiger partial charge < -0.3 is 19.9 Å². The Morgan fingerprint density at radius 3 is 2.69 bits per heavy atom. The molecule has 2 fully saturated rings. The van der Waals surface area contributed by atoms with Gasteiger partial charge in [-0.05, 0) is 37.5 Å². The molecule has 0 aliphatic carbocycles.